The average Bonchev–Trinajstić information content (AvgIpc) is 3.12. The van der Waals surface area contributed by atoms with Gasteiger partial charge in [0.1, 0.15) is 11.3 Å². The normalized spacial score (nSPS) is 14.7. The molecule has 0 spiro atoms. The van der Waals surface area contributed by atoms with Crippen LogP contribution in [0, 0.1) is 0 Å². The van der Waals surface area contributed by atoms with E-state index < -0.39 is 0 Å². The molecule has 0 atom stereocenters. The Kier molecular flexibility index (Phi) is 4.79. The fraction of sp³-hybridized carbons (Fsp3) is 0.381. The number of rotatable bonds is 4. The largest absolute Gasteiger partial charge is 0.440 e. The van der Waals surface area contributed by atoms with Crippen molar-refractivity contribution in [2.75, 3.05) is 23.3 Å². The summed E-state index contributed by atoms with van der Waals surface area (Å²) in [5, 5.41) is 2.98. The zero-order valence-corrected chi connectivity index (χ0v) is 15.7. The molecule has 6 nitrogen and oxygen atoms in total. The number of nitrogens with zero attached hydrogens (tertiary/aromatic N) is 3. The topological polar surface area (TPSA) is 71.3 Å². The number of piperidine rings is 1. The number of anilines is 2. The van der Waals surface area contributed by atoms with Crippen molar-refractivity contribution >= 4 is 28.5 Å². The summed E-state index contributed by atoms with van der Waals surface area (Å²) in [5.41, 5.74) is 2.78. The molecule has 4 rings (SSSR count). The van der Waals surface area contributed by atoms with Crippen molar-refractivity contribution in [1.29, 1.82) is 0 Å². The molecule has 1 amide bonds. The number of carbonyl (C=O) groups is 1. The monoisotopic (exact) mass is 364 g/mol. The van der Waals surface area contributed by atoms with Gasteiger partial charge in [-0.15, -0.1) is 0 Å². The SMILES string of the molecule is CC(C)c1nc2cc(NC(=O)c3cccnc3N3CCCCC3)ccc2o1. The highest BCUT2D eigenvalue weighted by atomic mass is 16.3. The van der Waals surface area contributed by atoms with Gasteiger partial charge in [-0.05, 0) is 49.6 Å². The van der Waals surface area contributed by atoms with Crippen LogP contribution in [0.15, 0.2) is 40.9 Å². The van der Waals surface area contributed by atoms with E-state index in [0.717, 1.165) is 42.8 Å². The molecule has 1 saturated heterocycles. The highest BCUT2D eigenvalue weighted by molar-refractivity contribution is 6.08. The molecule has 0 unspecified atom stereocenters. The zero-order chi connectivity index (χ0) is 18.8. The highest BCUT2D eigenvalue weighted by Crippen LogP contribution is 2.26. The van der Waals surface area contributed by atoms with Crippen molar-refractivity contribution in [3.8, 4) is 0 Å². The molecule has 1 N–H and O–H groups in total. The van der Waals surface area contributed by atoms with Crippen molar-refractivity contribution in [3.63, 3.8) is 0 Å². The van der Waals surface area contributed by atoms with E-state index in [9.17, 15) is 4.79 Å². The van der Waals surface area contributed by atoms with Crippen LogP contribution in [0.3, 0.4) is 0 Å². The molecule has 2 aromatic heterocycles. The Bertz CT molecular complexity index is 958. The molecule has 3 aromatic rings. The molecule has 27 heavy (non-hydrogen) atoms. The van der Waals surface area contributed by atoms with Crippen LogP contribution in [0.2, 0.25) is 0 Å². The highest BCUT2D eigenvalue weighted by Gasteiger charge is 2.20. The van der Waals surface area contributed by atoms with E-state index in [0.29, 0.717) is 17.1 Å². The Morgan fingerprint density at radius 2 is 2.00 bits per heavy atom. The second kappa shape index (κ2) is 7.39. The molecule has 140 valence electrons. The minimum Gasteiger partial charge on any atom is -0.440 e. The lowest BCUT2D eigenvalue weighted by Crippen LogP contribution is -2.32. The smallest absolute Gasteiger partial charge is 0.259 e. The third kappa shape index (κ3) is 3.65. The lowest BCUT2D eigenvalue weighted by Gasteiger charge is -2.29. The standard InChI is InChI=1S/C21H24N4O2/c1-14(2)21-24-17-13-15(8-9-18(17)27-21)23-20(26)16-7-6-10-22-19(16)25-11-4-3-5-12-25/h6-10,13-14H,3-5,11-12H2,1-2H3,(H,23,26). The minimum absolute atomic E-state index is 0.157. The molecule has 1 fully saturated rings. The van der Waals surface area contributed by atoms with Crippen LogP contribution >= 0.6 is 0 Å². The average molecular weight is 364 g/mol. The maximum absolute atomic E-state index is 12.9. The van der Waals surface area contributed by atoms with E-state index in [1.165, 1.54) is 6.42 Å². The van der Waals surface area contributed by atoms with Gasteiger partial charge in [-0.3, -0.25) is 4.79 Å². The van der Waals surface area contributed by atoms with Gasteiger partial charge in [0.25, 0.3) is 5.91 Å². The third-order valence-corrected chi connectivity index (χ3v) is 4.84. The minimum atomic E-state index is -0.157. The molecule has 1 aromatic carbocycles. The molecule has 0 bridgehead atoms. The molecular formula is C21H24N4O2. The van der Waals surface area contributed by atoms with E-state index in [1.54, 1.807) is 12.3 Å². The van der Waals surface area contributed by atoms with E-state index >= 15 is 0 Å². The first-order chi connectivity index (χ1) is 13.1. The summed E-state index contributed by atoms with van der Waals surface area (Å²) in [5.74, 6) is 1.53. The number of benzene rings is 1. The second-order valence-electron chi connectivity index (χ2n) is 7.27. The van der Waals surface area contributed by atoms with Crippen molar-refractivity contribution in [1.82, 2.24) is 9.97 Å². The Morgan fingerprint density at radius 1 is 1.19 bits per heavy atom. The van der Waals surface area contributed by atoms with Crippen LogP contribution in [-0.2, 0) is 0 Å². The van der Waals surface area contributed by atoms with Gasteiger partial charge in [-0.25, -0.2) is 9.97 Å². The first kappa shape index (κ1) is 17.5. The number of aromatic nitrogens is 2. The zero-order valence-electron chi connectivity index (χ0n) is 15.7. The predicted octanol–water partition coefficient (Wildman–Crippen LogP) is 4.59. The lowest BCUT2D eigenvalue weighted by molar-refractivity contribution is 0.102. The van der Waals surface area contributed by atoms with Crippen LogP contribution in [0.5, 0.6) is 0 Å². The predicted molar refractivity (Wildman–Crippen MR) is 106 cm³/mol. The molecular weight excluding hydrogens is 340 g/mol. The first-order valence-corrected chi connectivity index (χ1v) is 9.53. The van der Waals surface area contributed by atoms with Gasteiger partial charge in [-0.2, -0.15) is 0 Å². The maximum Gasteiger partial charge on any atom is 0.259 e. The molecule has 1 aliphatic heterocycles. The molecule has 1 aliphatic rings. The van der Waals surface area contributed by atoms with Crippen molar-refractivity contribution in [2.45, 2.75) is 39.0 Å². The van der Waals surface area contributed by atoms with Gasteiger partial charge in [0.15, 0.2) is 11.5 Å². The number of hydrogen-bond acceptors (Lipinski definition) is 5. The van der Waals surface area contributed by atoms with Crippen LogP contribution in [0.1, 0.15) is 55.3 Å². The van der Waals surface area contributed by atoms with Crippen molar-refractivity contribution in [2.24, 2.45) is 0 Å². The van der Waals surface area contributed by atoms with Crippen LogP contribution in [0.25, 0.3) is 11.1 Å². The summed E-state index contributed by atoms with van der Waals surface area (Å²) in [6.45, 7) is 5.97. The quantitative estimate of drug-likeness (QED) is 0.733. The van der Waals surface area contributed by atoms with Gasteiger partial charge in [0.05, 0.1) is 5.56 Å². The number of hydrogen-bond donors (Lipinski definition) is 1. The number of carbonyl (C=O) groups excluding carboxylic acids is 1. The summed E-state index contributed by atoms with van der Waals surface area (Å²) in [6, 6.07) is 9.17. The van der Waals surface area contributed by atoms with E-state index in [1.807, 2.05) is 38.1 Å². The summed E-state index contributed by atoms with van der Waals surface area (Å²) in [6.07, 6.45) is 5.26. The van der Waals surface area contributed by atoms with E-state index in [-0.39, 0.29) is 11.8 Å². The molecule has 3 heterocycles. The molecule has 0 aliphatic carbocycles. The molecule has 0 radical (unpaired) electrons. The molecule has 0 saturated carbocycles. The van der Waals surface area contributed by atoms with Crippen LogP contribution < -0.4 is 10.2 Å². The number of oxazole rings is 1. The van der Waals surface area contributed by atoms with Crippen LogP contribution in [0.4, 0.5) is 11.5 Å². The Labute approximate surface area is 158 Å². The number of pyridine rings is 1. The summed E-state index contributed by atoms with van der Waals surface area (Å²) >= 11 is 0. The van der Waals surface area contributed by atoms with Crippen molar-refractivity contribution < 1.29 is 9.21 Å². The first-order valence-electron chi connectivity index (χ1n) is 9.53. The maximum atomic E-state index is 12.9. The third-order valence-electron chi connectivity index (χ3n) is 4.84. The summed E-state index contributed by atoms with van der Waals surface area (Å²) < 4.78 is 5.73. The fourth-order valence-electron chi connectivity index (χ4n) is 3.40. The van der Waals surface area contributed by atoms with E-state index in [2.05, 4.69) is 20.2 Å². The van der Waals surface area contributed by atoms with Gasteiger partial charge in [0, 0.05) is 30.9 Å². The lowest BCUT2D eigenvalue weighted by atomic mass is 10.1. The van der Waals surface area contributed by atoms with Crippen LogP contribution in [-0.4, -0.2) is 29.0 Å². The summed E-state index contributed by atoms with van der Waals surface area (Å²) in [7, 11) is 0. The fourth-order valence-corrected chi connectivity index (χ4v) is 3.40. The van der Waals surface area contributed by atoms with E-state index in [4.69, 9.17) is 4.42 Å². The number of fused-ring (bicyclic) bond motifs is 1. The van der Waals surface area contributed by atoms with Gasteiger partial charge in [-0.1, -0.05) is 13.8 Å². The second-order valence-corrected chi connectivity index (χ2v) is 7.27. The van der Waals surface area contributed by atoms with Gasteiger partial charge < -0.3 is 14.6 Å². The Hall–Kier alpha value is -2.89. The van der Waals surface area contributed by atoms with Gasteiger partial charge in [0.2, 0.25) is 0 Å². The molecule has 6 heteroatoms. The number of amides is 1. The number of nitrogens with one attached hydrogen (secondary N) is 1. The summed E-state index contributed by atoms with van der Waals surface area (Å²) in [4.78, 5) is 24.1. The Morgan fingerprint density at radius 3 is 2.78 bits per heavy atom. The van der Waals surface area contributed by atoms with Crippen molar-refractivity contribution in [3.05, 3.63) is 48.0 Å². The Balaban J connectivity index is 1.58. The van der Waals surface area contributed by atoms with Gasteiger partial charge >= 0.3 is 0 Å².